The summed E-state index contributed by atoms with van der Waals surface area (Å²) in [6.07, 6.45) is 0.836. The van der Waals surface area contributed by atoms with E-state index >= 15 is 0 Å². The number of benzene rings is 1. The minimum Gasteiger partial charge on any atom is -0.345 e. The zero-order chi connectivity index (χ0) is 13.2. The Bertz CT molecular complexity index is 686. The van der Waals surface area contributed by atoms with E-state index in [0.717, 1.165) is 34.2 Å². The van der Waals surface area contributed by atoms with Gasteiger partial charge in [0.25, 0.3) is 0 Å². The quantitative estimate of drug-likeness (QED) is 0.744. The fourth-order valence-electron chi connectivity index (χ4n) is 2.10. The Kier molecular flexibility index (Phi) is 3.40. The van der Waals surface area contributed by atoms with Crippen molar-refractivity contribution in [1.29, 1.82) is 0 Å². The van der Waals surface area contributed by atoms with Crippen LogP contribution in [0.5, 0.6) is 0 Å². The molecule has 0 unspecified atom stereocenters. The summed E-state index contributed by atoms with van der Waals surface area (Å²) >= 11 is 7.98. The first-order valence-corrected chi connectivity index (χ1v) is 7.32. The fourth-order valence-corrected chi connectivity index (χ4v) is 3.03. The van der Waals surface area contributed by atoms with Crippen LogP contribution in [-0.2, 0) is 6.42 Å². The molecule has 0 aliphatic heterocycles. The van der Waals surface area contributed by atoms with E-state index in [-0.39, 0.29) is 0 Å². The van der Waals surface area contributed by atoms with Crippen molar-refractivity contribution in [2.45, 2.75) is 13.3 Å². The van der Waals surface area contributed by atoms with Gasteiger partial charge in [-0.15, -0.1) is 11.3 Å². The number of imidazole rings is 1. The first kappa shape index (κ1) is 12.5. The molecule has 2 aromatic heterocycles. The van der Waals surface area contributed by atoms with Gasteiger partial charge in [0.15, 0.2) is 0 Å². The number of nitrogens with zero attached hydrogens (tertiary/aromatic N) is 1. The smallest absolute Gasteiger partial charge is 0.112 e. The van der Waals surface area contributed by atoms with Crippen LogP contribution in [0.4, 0.5) is 0 Å². The maximum atomic E-state index is 6.23. The van der Waals surface area contributed by atoms with E-state index < -0.39 is 0 Å². The Morgan fingerprint density at radius 1 is 1.21 bits per heavy atom. The Hall–Kier alpha value is -1.58. The average molecular weight is 289 g/mol. The molecular formula is C15H13ClN2S. The summed E-state index contributed by atoms with van der Waals surface area (Å²) in [4.78, 5) is 9.33. The van der Waals surface area contributed by atoms with E-state index in [4.69, 9.17) is 11.6 Å². The lowest BCUT2D eigenvalue weighted by Gasteiger charge is -2.00. The molecular weight excluding hydrogens is 276 g/mol. The maximum Gasteiger partial charge on any atom is 0.112 e. The highest BCUT2D eigenvalue weighted by Gasteiger charge is 2.12. The summed E-state index contributed by atoms with van der Waals surface area (Å²) in [6.45, 7) is 2.03. The lowest BCUT2D eigenvalue weighted by Crippen LogP contribution is -1.87. The lowest BCUT2D eigenvalue weighted by molar-refractivity contribution is 1.03. The second-order valence-electron chi connectivity index (χ2n) is 4.39. The standard InChI is InChI=1S/C15H13ClN2S/c1-10-15(12-6-2-3-7-13(12)16)18-14(17-10)9-11-5-4-8-19-11/h2-8H,9H2,1H3,(H,17,18). The summed E-state index contributed by atoms with van der Waals surface area (Å²) in [5, 5.41) is 2.82. The molecule has 0 saturated heterocycles. The van der Waals surface area contributed by atoms with Gasteiger partial charge >= 0.3 is 0 Å². The van der Waals surface area contributed by atoms with E-state index in [0.29, 0.717) is 0 Å². The molecule has 0 atom stereocenters. The number of hydrogen-bond donors (Lipinski definition) is 1. The van der Waals surface area contributed by atoms with Crippen molar-refractivity contribution < 1.29 is 0 Å². The number of aromatic amines is 1. The largest absolute Gasteiger partial charge is 0.345 e. The molecule has 0 radical (unpaired) electrons. The topological polar surface area (TPSA) is 28.7 Å². The van der Waals surface area contributed by atoms with Crippen LogP contribution in [0.15, 0.2) is 41.8 Å². The number of thiophene rings is 1. The van der Waals surface area contributed by atoms with Crippen LogP contribution in [-0.4, -0.2) is 9.97 Å². The second kappa shape index (κ2) is 5.19. The number of nitrogens with one attached hydrogen (secondary N) is 1. The molecule has 0 aliphatic rings. The molecule has 3 aromatic rings. The SMILES string of the molecule is Cc1[nH]c(Cc2cccs2)nc1-c1ccccc1Cl. The van der Waals surface area contributed by atoms with Crippen LogP contribution in [0.25, 0.3) is 11.3 Å². The highest BCUT2D eigenvalue weighted by atomic mass is 35.5. The minimum atomic E-state index is 0.736. The zero-order valence-corrected chi connectivity index (χ0v) is 12.1. The monoisotopic (exact) mass is 288 g/mol. The van der Waals surface area contributed by atoms with Crippen LogP contribution in [0.3, 0.4) is 0 Å². The summed E-state index contributed by atoms with van der Waals surface area (Å²) in [5.41, 5.74) is 2.98. The average Bonchev–Trinajstić information content (AvgIpc) is 3.01. The van der Waals surface area contributed by atoms with E-state index in [1.807, 2.05) is 31.2 Å². The summed E-state index contributed by atoms with van der Waals surface area (Å²) < 4.78 is 0. The van der Waals surface area contributed by atoms with Crippen LogP contribution < -0.4 is 0 Å². The van der Waals surface area contributed by atoms with Gasteiger partial charge in [0.2, 0.25) is 0 Å². The third kappa shape index (κ3) is 2.57. The molecule has 0 bridgehead atoms. The lowest BCUT2D eigenvalue weighted by atomic mass is 10.1. The number of aryl methyl sites for hydroxylation is 1. The molecule has 2 heterocycles. The van der Waals surface area contributed by atoms with Crippen LogP contribution in [0, 0.1) is 6.92 Å². The maximum absolute atomic E-state index is 6.23. The van der Waals surface area contributed by atoms with Crippen LogP contribution in [0.1, 0.15) is 16.4 Å². The Labute approximate surface area is 121 Å². The van der Waals surface area contributed by atoms with Gasteiger partial charge in [0, 0.05) is 22.6 Å². The number of hydrogen-bond acceptors (Lipinski definition) is 2. The third-order valence-electron chi connectivity index (χ3n) is 2.98. The van der Waals surface area contributed by atoms with Gasteiger partial charge in [-0.1, -0.05) is 35.9 Å². The van der Waals surface area contributed by atoms with Crippen molar-refractivity contribution in [2.24, 2.45) is 0 Å². The molecule has 4 heteroatoms. The first-order chi connectivity index (χ1) is 9.24. The van der Waals surface area contributed by atoms with E-state index in [1.54, 1.807) is 11.3 Å². The fraction of sp³-hybridized carbons (Fsp3) is 0.133. The van der Waals surface area contributed by atoms with Crippen molar-refractivity contribution in [3.63, 3.8) is 0 Å². The van der Waals surface area contributed by atoms with Gasteiger partial charge in [0.1, 0.15) is 5.82 Å². The summed E-state index contributed by atoms with van der Waals surface area (Å²) in [7, 11) is 0. The molecule has 0 amide bonds. The molecule has 2 nitrogen and oxygen atoms in total. The van der Waals surface area contributed by atoms with E-state index in [1.165, 1.54) is 4.88 Å². The van der Waals surface area contributed by atoms with Crippen molar-refractivity contribution in [2.75, 3.05) is 0 Å². The van der Waals surface area contributed by atoms with Crippen molar-refractivity contribution in [3.05, 3.63) is 63.2 Å². The predicted octanol–water partition coefficient (Wildman–Crippen LogP) is 4.69. The molecule has 1 aromatic carbocycles. The van der Waals surface area contributed by atoms with Crippen molar-refractivity contribution in [1.82, 2.24) is 9.97 Å². The predicted molar refractivity (Wildman–Crippen MR) is 80.9 cm³/mol. The Morgan fingerprint density at radius 3 is 2.79 bits per heavy atom. The van der Waals surface area contributed by atoms with Gasteiger partial charge in [-0.25, -0.2) is 4.98 Å². The van der Waals surface area contributed by atoms with Crippen LogP contribution >= 0.6 is 22.9 Å². The number of aromatic nitrogens is 2. The second-order valence-corrected chi connectivity index (χ2v) is 5.83. The summed E-state index contributed by atoms with van der Waals surface area (Å²) in [6, 6.07) is 12.0. The molecule has 0 fully saturated rings. The molecule has 0 saturated carbocycles. The molecule has 96 valence electrons. The minimum absolute atomic E-state index is 0.736. The van der Waals surface area contributed by atoms with E-state index in [2.05, 4.69) is 27.5 Å². The Morgan fingerprint density at radius 2 is 2.05 bits per heavy atom. The number of H-pyrrole nitrogens is 1. The first-order valence-electron chi connectivity index (χ1n) is 6.07. The van der Waals surface area contributed by atoms with Gasteiger partial charge < -0.3 is 4.98 Å². The normalized spacial score (nSPS) is 10.8. The van der Waals surface area contributed by atoms with Gasteiger partial charge in [-0.3, -0.25) is 0 Å². The van der Waals surface area contributed by atoms with Crippen LogP contribution in [0.2, 0.25) is 5.02 Å². The molecule has 1 N–H and O–H groups in total. The molecule has 3 rings (SSSR count). The number of halogens is 1. The third-order valence-corrected chi connectivity index (χ3v) is 4.19. The number of rotatable bonds is 3. The highest BCUT2D eigenvalue weighted by Crippen LogP contribution is 2.29. The van der Waals surface area contributed by atoms with Gasteiger partial charge in [-0.2, -0.15) is 0 Å². The van der Waals surface area contributed by atoms with Gasteiger partial charge in [-0.05, 0) is 24.4 Å². The van der Waals surface area contributed by atoms with Gasteiger partial charge in [0.05, 0.1) is 10.7 Å². The Balaban J connectivity index is 1.96. The molecule has 19 heavy (non-hydrogen) atoms. The molecule has 0 aliphatic carbocycles. The van der Waals surface area contributed by atoms with E-state index in [9.17, 15) is 0 Å². The molecule has 0 spiro atoms. The van der Waals surface area contributed by atoms with Crippen molar-refractivity contribution >= 4 is 22.9 Å². The zero-order valence-electron chi connectivity index (χ0n) is 10.5. The summed E-state index contributed by atoms with van der Waals surface area (Å²) in [5.74, 6) is 0.981. The highest BCUT2D eigenvalue weighted by molar-refractivity contribution is 7.09. The van der Waals surface area contributed by atoms with Crippen molar-refractivity contribution in [3.8, 4) is 11.3 Å².